The fraction of sp³-hybridized carbons (Fsp3) is 1.00. The lowest BCUT2D eigenvalue weighted by molar-refractivity contribution is -0.131. The largest absolute Gasteiger partial charge is 0.374 e. The highest BCUT2D eigenvalue weighted by Gasteiger charge is 2.52. The normalized spacial score (nSPS) is 36.8. The van der Waals surface area contributed by atoms with Gasteiger partial charge in [-0.1, -0.05) is 20.8 Å². The second-order valence-electron chi connectivity index (χ2n) is 6.84. The van der Waals surface area contributed by atoms with Gasteiger partial charge in [-0.25, -0.2) is 4.39 Å². The van der Waals surface area contributed by atoms with Crippen LogP contribution in [0.5, 0.6) is 0 Å². The standard InChI is InChI=1S/C14H26FNOS/c1-12(2,3)14(15,9-16)11-4-6-17-13(8-11)5-7-18-10-13/h11H,4-10,16H2,1-3H3. The predicted molar refractivity (Wildman–Crippen MR) is 75.7 cm³/mol. The molecule has 2 fully saturated rings. The van der Waals surface area contributed by atoms with Crippen molar-refractivity contribution in [3.05, 3.63) is 0 Å². The van der Waals surface area contributed by atoms with E-state index < -0.39 is 11.1 Å². The quantitative estimate of drug-likeness (QED) is 0.841. The molecule has 3 unspecified atom stereocenters. The third-order valence-electron chi connectivity index (χ3n) is 4.75. The number of halogens is 1. The Morgan fingerprint density at radius 2 is 2.17 bits per heavy atom. The number of thioether (sulfide) groups is 1. The topological polar surface area (TPSA) is 35.2 Å². The molecule has 2 heterocycles. The highest BCUT2D eigenvalue weighted by Crippen LogP contribution is 2.49. The Kier molecular flexibility index (Phi) is 4.02. The molecule has 2 aliphatic heterocycles. The number of ether oxygens (including phenoxy) is 1. The van der Waals surface area contributed by atoms with Gasteiger partial charge in [0.2, 0.25) is 0 Å². The van der Waals surface area contributed by atoms with E-state index in [1.54, 1.807) is 0 Å². The van der Waals surface area contributed by atoms with E-state index in [0.717, 1.165) is 30.8 Å². The van der Waals surface area contributed by atoms with Gasteiger partial charge in [0, 0.05) is 18.9 Å². The zero-order valence-electron chi connectivity index (χ0n) is 11.8. The summed E-state index contributed by atoms with van der Waals surface area (Å²) in [5.41, 5.74) is 4.04. The summed E-state index contributed by atoms with van der Waals surface area (Å²) in [4.78, 5) is 0. The monoisotopic (exact) mass is 275 g/mol. The van der Waals surface area contributed by atoms with E-state index in [9.17, 15) is 0 Å². The molecule has 2 saturated heterocycles. The van der Waals surface area contributed by atoms with Gasteiger partial charge in [0.15, 0.2) is 0 Å². The summed E-state index contributed by atoms with van der Waals surface area (Å²) in [6, 6.07) is 0. The summed E-state index contributed by atoms with van der Waals surface area (Å²) in [6.07, 6.45) is 2.71. The number of nitrogens with two attached hydrogens (primary N) is 1. The van der Waals surface area contributed by atoms with E-state index in [4.69, 9.17) is 10.5 Å². The van der Waals surface area contributed by atoms with Crippen LogP contribution >= 0.6 is 11.8 Å². The van der Waals surface area contributed by atoms with Crippen LogP contribution < -0.4 is 5.73 Å². The van der Waals surface area contributed by atoms with Crippen molar-refractivity contribution in [1.82, 2.24) is 0 Å². The van der Waals surface area contributed by atoms with Crippen molar-refractivity contribution in [2.24, 2.45) is 17.1 Å². The maximum atomic E-state index is 15.4. The Balaban J connectivity index is 2.17. The maximum Gasteiger partial charge on any atom is 0.130 e. The molecule has 4 heteroatoms. The number of hydrogen-bond donors (Lipinski definition) is 1. The number of alkyl halides is 1. The maximum absolute atomic E-state index is 15.4. The fourth-order valence-electron chi connectivity index (χ4n) is 3.37. The molecule has 0 aromatic carbocycles. The second-order valence-corrected chi connectivity index (χ2v) is 7.95. The fourth-order valence-corrected chi connectivity index (χ4v) is 4.75. The third kappa shape index (κ3) is 2.44. The van der Waals surface area contributed by atoms with Crippen LogP contribution in [0.1, 0.15) is 40.0 Å². The summed E-state index contributed by atoms with van der Waals surface area (Å²) in [5, 5.41) is 0. The van der Waals surface area contributed by atoms with Crippen LogP contribution in [-0.4, -0.2) is 35.9 Å². The van der Waals surface area contributed by atoms with Gasteiger partial charge in [0.05, 0.1) is 5.60 Å². The minimum absolute atomic E-state index is 0.0370. The third-order valence-corrected chi connectivity index (χ3v) is 5.97. The molecule has 3 atom stereocenters. The van der Waals surface area contributed by atoms with Crippen LogP contribution in [0, 0.1) is 11.3 Å². The Labute approximate surface area is 114 Å². The lowest BCUT2D eigenvalue weighted by Crippen LogP contribution is -2.55. The molecule has 0 saturated carbocycles. The first kappa shape index (κ1) is 14.6. The molecule has 0 bridgehead atoms. The lowest BCUT2D eigenvalue weighted by Gasteiger charge is -2.48. The summed E-state index contributed by atoms with van der Waals surface area (Å²) in [5.74, 6) is 2.20. The number of hydrogen-bond acceptors (Lipinski definition) is 3. The van der Waals surface area contributed by atoms with Gasteiger partial charge < -0.3 is 10.5 Å². The van der Waals surface area contributed by atoms with Crippen LogP contribution in [0.25, 0.3) is 0 Å². The zero-order valence-corrected chi connectivity index (χ0v) is 12.6. The second kappa shape index (κ2) is 4.95. The average molecular weight is 275 g/mol. The minimum atomic E-state index is -1.28. The molecule has 0 radical (unpaired) electrons. The van der Waals surface area contributed by atoms with Crippen LogP contribution in [0.3, 0.4) is 0 Å². The number of rotatable bonds is 2. The van der Waals surface area contributed by atoms with Crippen LogP contribution in [0.15, 0.2) is 0 Å². The summed E-state index contributed by atoms with van der Waals surface area (Å²) in [6.45, 7) is 6.69. The van der Waals surface area contributed by atoms with Crippen LogP contribution in [0.2, 0.25) is 0 Å². The molecule has 106 valence electrons. The van der Waals surface area contributed by atoms with E-state index in [0.29, 0.717) is 6.61 Å². The predicted octanol–water partition coefficient (Wildman–Crippen LogP) is 3.00. The molecule has 0 aromatic heterocycles. The molecule has 2 aliphatic rings. The van der Waals surface area contributed by atoms with Gasteiger partial charge >= 0.3 is 0 Å². The van der Waals surface area contributed by atoms with E-state index >= 15 is 4.39 Å². The highest BCUT2D eigenvalue weighted by atomic mass is 32.2. The first-order valence-electron chi connectivity index (χ1n) is 6.94. The molecule has 18 heavy (non-hydrogen) atoms. The van der Waals surface area contributed by atoms with Crippen molar-refractivity contribution in [2.75, 3.05) is 24.7 Å². The Hall–Kier alpha value is 0.200. The molecule has 1 spiro atoms. The van der Waals surface area contributed by atoms with Gasteiger partial charge in [-0.15, -0.1) is 0 Å². The molecule has 2 N–H and O–H groups in total. The van der Waals surface area contributed by atoms with Gasteiger partial charge in [0.1, 0.15) is 5.67 Å². The minimum Gasteiger partial charge on any atom is -0.374 e. The average Bonchev–Trinajstić information content (AvgIpc) is 2.74. The molecule has 2 nitrogen and oxygen atoms in total. The molecular weight excluding hydrogens is 249 g/mol. The van der Waals surface area contributed by atoms with Crippen molar-refractivity contribution in [1.29, 1.82) is 0 Å². The molecule has 0 amide bonds. The molecular formula is C14H26FNOS. The van der Waals surface area contributed by atoms with Crippen molar-refractivity contribution in [2.45, 2.75) is 51.3 Å². The van der Waals surface area contributed by atoms with Crippen LogP contribution in [0.4, 0.5) is 4.39 Å². The van der Waals surface area contributed by atoms with Crippen molar-refractivity contribution in [3.8, 4) is 0 Å². The smallest absolute Gasteiger partial charge is 0.130 e. The van der Waals surface area contributed by atoms with Gasteiger partial charge in [-0.2, -0.15) is 11.8 Å². The summed E-state index contributed by atoms with van der Waals surface area (Å²) < 4.78 is 21.3. The summed E-state index contributed by atoms with van der Waals surface area (Å²) >= 11 is 1.93. The molecule has 0 aromatic rings. The van der Waals surface area contributed by atoms with E-state index in [1.165, 1.54) is 0 Å². The summed E-state index contributed by atoms with van der Waals surface area (Å²) in [7, 11) is 0. The Morgan fingerprint density at radius 3 is 2.67 bits per heavy atom. The van der Waals surface area contributed by atoms with Gasteiger partial charge in [0.25, 0.3) is 0 Å². The van der Waals surface area contributed by atoms with E-state index in [2.05, 4.69) is 0 Å². The van der Waals surface area contributed by atoms with Gasteiger partial charge in [-0.05, 0) is 36.3 Å². The van der Waals surface area contributed by atoms with E-state index in [1.807, 2.05) is 32.5 Å². The first-order valence-corrected chi connectivity index (χ1v) is 8.09. The Morgan fingerprint density at radius 1 is 1.44 bits per heavy atom. The molecule has 2 rings (SSSR count). The SMILES string of the molecule is CC(C)(C)C(F)(CN)C1CCOC2(CCSC2)C1. The van der Waals surface area contributed by atoms with Crippen molar-refractivity contribution >= 4 is 11.8 Å². The van der Waals surface area contributed by atoms with Crippen LogP contribution in [-0.2, 0) is 4.74 Å². The first-order chi connectivity index (χ1) is 8.33. The Bertz CT molecular complexity index is 299. The van der Waals surface area contributed by atoms with Crippen molar-refractivity contribution in [3.63, 3.8) is 0 Å². The zero-order chi connectivity index (χ0) is 13.4. The van der Waals surface area contributed by atoms with Crippen molar-refractivity contribution < 1.29 is 9.13 Å². The molecule has 0 aliphatic carbocycles. The highest BCUT2D eigenvalue weighted by molar-refractivity contribution is 7.99. The van der Waals surface area contributed by atoms with Gasteiger partial charge in [-0.3, -0.25) is 0 Å². The van der Waals surface area contributed by atoms with E-state index in [-0.39, 0.29) is 18.1 Å². The lowest BCUT2D eigenvalue weighted by atomic mass is 9.65.